The largest absolute Gasteiger partial charge is 0.384 e. The zero-order chi connectivity index (χ0) is 16.0. The molecular weight excluding hydrogens is 398 g/mol. The number of H-pyrrole nitrogens is 1. The van der Waals surface area contributed by atoms with Crippen LogP contribution in [0.5, 0.6) is 0 Å². The van der Waals surface area contributed by atoms with Gasteiger partial charge in [-0.05, 0) is 12.5 Å². The monoisotopic (exact) mass is 412 g/mol. The number of halogens is 2. The molecule has 1 fully saturated rings. The van der Waals surface area contributed by atoms with E-state index in [-0.39, 0.29) is 10.0 Å². The Morgan fingerprint density at radius 3 is 2.76 bits per heavy atom. The lowest BCUT2D eigenvalue weighted by Crippen LogP contribution is -2.51. The number of hydrogen-bond acceptors (Lipinski definition) is 5. The third kappa shape index (κ3) is 2.37. The Morgan fingerprint density at radius 2 is 2.29 bits per heavy atom. The van der Waals surface area contributed by atoms with Crippen LogP contribution in [0.4, 0.5) is 4.39 Å². The SMILES string of the molecule is C=C(C)[C@]1(O)[C@H](n2ccc(=O)[nH]c2=O)O[C@](F)(CI)[C@H]1O. The normalized spacial score (nSPS) is 35.9. The molecule has 1 aliphatic rings. The van der Waals surface area contributed by atoms with Gasteiger partial charge < -0.3 is 14.9 Å². The van der Waals surface area contributed by atoms with Crippen LogP contribution in [-0.2, 0) is 4.74 Å². The highest BCUT2D eigenvalue weighted by Crippen LogP contribution is 2.48. The number of alkyl halides is 2. The molecule has 3 N–H and O–H groups in total. The smallest absolute Gasteiger partial charge is 0.330 e. The molecule has 2 heterocycles. The van der Waals surface area contributed by atoms with Gasteiger partial charge in [0.15, 0.2) is 17.9 Å². The molecule has 4 atom stereocenters. The summed E-state index contributed by atoms with van der Waals surface area (Å²) in [5.74, 6) is -2.55. The van der Waals surface area contributed by atoms with Gasteiger partial charge in [-0.1, -0.05) is 29.2 Å². The molecule has 0 aliphatic carbocycles. The van der Waals surface area contributed by atoms with E-state index in [1.807, 2.05) is 4.98 Å². The van der Waals surface area contributed by atoms with Gasteiger partial charge in [0.2, 0.25) is 5.85 Å². The van der Waals surface area contributed by atoms with Crippen LogP contribution in [0.15, 0.2) is 34.0 Å². The van der Waals surface area contributed by atoms with Crippen LogP contribution in [0.1, 0.15) is 13.2 Å². The minimum atomic E-state index is -2.55. The van der Waals surface area contributed by atoms with Crippen molar-refractivity contribution in [3.05, 3.63) is 45.3 Å². The fourth-order valence-corrected chi connectivity index (χ4v) is 2.83. The summed E-state index contributed by atoms with van der Waals surface area (Å²) in [6.45, 7) is 4.92. The fraction of sp³-hybridized carbons (Fsp3) is 0.500. The molecule has 9 heteroatoms. The summed E-state index contributed by atoms with van der Waals surface area (Å²) in [5, 5.41) is 20.8. The summed E-state index contributed by atoms with van der Waals surface area (Å²) < 4.78 is 20.2. The highest BCUT2D eigenvalue weighted by atomic mass is 127. The second-order valence-corrected chi connectivity index (χ2v) is 5.68. The van der Waals surface area contributed by atoms with Crippen molar-refractivity contribution in [1.82, 2.24) is 9.55 Å². The first kappa shape index (κ1) is 16.3. The van der Waals surface area contributed by atoms with Gasteiger partial charge in [-0.2, -0.15) is 0 Å². The summed E-state index contributed by atoms with van der Waals surface area (Å²) in [4.78, 5) is 24.9. The molecule has 1 saturated heterocycles. The van der Waals surface area contributed by atoms with Crippen molar-refractivity contribution in [2.75, 3.05) is 4.43 Å². The first-order valence-corrected chi connectivity index (χ1v) is 7.50. The van der Waals surface area contributed by atoms with Crippen molar-refractivity contribution >= 4 is 22.6 Å². The molecule has 1 aromatic heterocycles. The van der Waals surface area contributed by atoms with Gasteiger partial charge in [-0.3, -0.25) is 14.3 Å². The van der Waals surface area contributed by atoms with Crippen molar-refractivity contribution in [2.24, 2.45) is 0 Å². The number of nitrogens with zero attached hydrogens (tertiary/aromatic N) is 1. The summed E-state index contributed by atoms with van der Waals surface area (Å²) in [6, 6.07) is 1.03. The molecule has 0 amide bonds. The summed E-state index contributed by atoms with van der Waals surface area (Å²) >= 11 is 1.66. The van der Waals surface area contributed by atoms with Crippen molar-refractivity contribution in [3.63, 3.8) is 0 Å². The number of aliphatic hydroxyl groups is 2. The van der Waals surface area contributed by atoms with E-state index in [1.165, 1.54) is 6.92 Å². The van der Waals surface area contributed by atoms with E-state index in [0.29, 0.717) is 0 Å². The molecule has 116 valence electrons. The van der Waals surface area contributed by atoms with Crippen molar-refractivity contribution in [2.45, 2.75) is 30.7 Å². The van der Waals surface area contributed by atoms with Crippen LogP contribution in [0.2, 0.25) is 0 Å². The number of hydrogen-bond donors (Lipinski definition) is 3. The van der Waals surface area contributed by atoms with E-state index >= 15 is 0 Å². The molecule has 1 aliphatic heterocycles. The van der Waals surface area contributed by atoms with Crippen LogP contribution in [0, 0.1) is 0 Å². The van der Waals surface area contributed by atoms with Gasteiger partial charge in [0.25, 0.3) is 5.56 Å². The Balaban J connectivity index is 2.63. The van der Waals surface area contributed by atoms with Gasteiger partial charge in [0.1, 0.15) is 0 Å². The number of rotatable bonds is 3. The molecule has 1 aromatic rings. The Kier molecular flexibility index (Phi) is 4.12. The Hall–Kier alpha value is -1.04. The molecule has 7 nitrogen and oxygen atoms in total. The van der Waals surface area contributed by atoms with E-state index in [1.54, 1.807) is 22.6 Å². The topological polar surface area (TPSA) is 105 Å². The standard InChI is InChI=1S/C12H14FIN2O5/c1-6(2)12(20)8(18)11(13,5-14)21-9(12)16-4-3-7(17)15-10(16)19/h3-4,8-9,18,20H,1,5H2,2H3,(H,15,17,19)/t8-,9-,11-,12-/m1/s1. The molecule has 0 radical (unpaired) electrons. The Bertz CT molecular complexity index is 689. The number of aromatic nitrogens is 2. The predicted molar refractivity (Wildman–Crippen MR) is 79.9 cm³/mol. The number of ether oxygens (including phenoxy) is 1. The molecule has 0 saturated carbocycles. The molecule has 0 bridgehead atoms. The van der Waals surface area contributed by atoms with Gasteiger partial charge in [0.05, 0.1) is 4.43 Å². The van der Waals surface area contributed by atoms with E-state index in [4.69, 9.17) is 4.74 Å². The minimum absolute atomic E-state index is 0.0301. The van der Waals surface area contributed by atoms with E-state index in [0.717, 1.165) is 16.8 Å². The summed E-state index contributed by atoms with van der Waals surface area (Å²) in [6.07, 6.45) is -2.41. The average molecular weight is 412 g/mol. The van der Waals surface area contributed by atoms with Gasteiger partial charge >= 0.3 is 5.69 Å². The zero-order valence-electron chi connectivity index (χ0n) is 11.0. The molecule has 2 rings (SSSR count). The maximum Gasteiger partial charge on any atom is 0.330 e. The van der Waals surface area contributed by atoms with Crippen molar-refractivity contribution in [1.29, 1.82) is 0 Å². The Morgan fingerprint density at radius 1 is 1.67 bits per heavy atom. The van der Waals surface area contributed by atoms with Gasteiger partial charge in [-0.25, -0.2) is 9.18 Å². The van der Waals surface area contributed by atoms with Gasteiger partial charge in [0, 0.05) is 12.3 Å². The predicted octanol–water partition coefficient (Wildman–Crippen LogP) is -0.166. The lowest BCUT2D eigenvalue weighted by Gasteiger charge is -2.32. The maximum atomic E-state index is 14.6. The van der Waals surface area contributed by atoms with Gasteiger partial charge in [-0.15, -0.1) is 0 Å². The van der Waals surface area contributed by atoms with Crippen LogP contribution in [0.3, 0.4) is 0 Å². The molecule has 0 aromatic carbocycles. The van der Waals surface area contributed by atoms with Crippen molar-refractivity contribution < 1.29 is 19.3 Å². The first-order chi connectivity index (χ1) is 9.66. The molecule has 0 unspecified atom stereocenters. The lowest BCUT2D eigenvalue weighted by atomic mass is 9.87. The third-order valence-electron chi connectivity index (χ3n) is 3.48. The Labute approximate surface area is 132 Å². The fourth-order valence-electron chi connectivity index (χ4n) is 2.23. The van der Waals surface area contributed by atoms with Crippen LogP contribution < -0.4 is 11.2 Å². The third-order valence-corrected chi connectivity index (χ3v) is 4.52. The van der Waals surface area contributed by atoms with Crippen LogP contribution >= 0.6 is 22.6 Å². The summed E-state index contributed by atoms with van der Waals surface area (Å²) in [7, 11) is 0. The molecule has 0 spiro atoms. The van der Waals surface area contributed by atoms with Crippen LogP contribution in [0.25, 0.3) is 0 Å². The highest BCUT2D eigenvalue weighted by Gasteiger charge is 2.65. The molecular formula is C12H14FIN2O5. The number of aliphatic hydroxyl groups excluding tert-OH is 1. The zero-order valence-corrected chi connectivity index (χ0v) is 13.2. The van der Waals surface area contributed by atoms with E-state index in [9.17, 15) is 24.2 Å². The minimum Gasteiger partial charge on any atom is -0.384 e. The van der Waals surface area contributed by atoms with Crippen LogP contribution in [-0.4, -0.2) is 41.8 Å². The average Bonchev–Trinajstić information content (AvgIpc) is 2.62. The first-order valence-electron chi connectivity index (χ1n) is 5.97. The quantitative estimate of drug-likeness (QED) is 0.364. The maximum absolute atomic E-state index is 14.6. The second-order valence-electron chi connectivity index (χ2n) is 4.92. The van der Waals surface area contributed by atoms with Crippen molar-refractivity contribution in [3.8, 4) is 0 Å². The lowest BCUT2D eigenvalue weighted by molar-refractivity contribution is -0.169. The number of nitrogens with one attached hydrogen (secondary N) is 1. The number of aromatic amines is 1. The van der Waals surface area contributed by atoms with E-state index in [2.05, 4.69) is 6.58 Å². The van der Waals surface area contributed by atoms with E-state index < -0.39 is 35.0 Å². The summed E-state index contributed by atoms with van der Waals surface area (Å²) in [5.41, 5.74) is -3.71. The second kappa shape index (κ2) is 5.30. The highest BCUT2D eigenvalue weighted by molar-refractivity contribution is 14.1. The molecule has 21 heavy (non-hydrogen) atoms.